The molecule has 1 aromatic heterocycles. The Morgan fingerprint density at radius 2 is 1.96 bits per heavy atom. The maximum atomic E-state index is 6.22. The second-order valence-corrected chi connectivity index (χ2v) is 7.62. The monoisotopic (exact) mass is 406 g/mol. The highest BCUT2D eigenvalue weighted by Gasteiger charge is 2.21. The summed E-state index contributed by atoms with van der Waals surface area (Å²) in [7, 11) is 0. The summed E-state index contributed by atoms with van der Waals surface area (Å²) < 4.78 is 0. The summed E-state index contributed by atoms with van der Waals surface area (Å²) in [5, 5.41) is 3.01. The first kappa shape index (κ1) is 17.5. The third-order valence-electron chi connectivity index (χ3n) is 4.67. The van der Waals surface area contributed by atoms with Crippen molar-refractivity contribution in [2.45, 2.75) is 19.5 Å². The van der Waals surface area contributed by atoms with Crippen LogP contribution in [0.4, 0.5) is 0 Å². The number of H-pyrrole nitrogens is 1. The molecule has 4 nitrogen and oxygen atoms in total. The normalized spacial score (nSPS) is 14.7. The van der Waals surface area contributed by atoms with Crippen molar-refractivity contribution >= 4 is 51.7 Å². The highest BCUT2D eigenvalue weighted by Crippen LogP contribution is 2.29. The summed E-state index contributed by atoms with van der Waals surface area (Å²) in [5.74, 6) is 0.526. The van der Waals surface area contributed by atoms with Crippen LogP contribution in [0.15, 0.2) is 41.4 Å². The summed E-state index contributed by atoms with van der Waals surface area (Å²) in [5.41, 5.74) is 10.8. The fourth-order valence-corrected chi connectivity index (χ4v) is 3.81. The van der Waals surface area contributed by atoms with Gasteiger partial charge in [0.15, 0.2) is 5.96 Å². The lowest BCUT2D eigenvalue weighted by Gasteiger charge is -2.28. The molecule has 134 valence electrons. The van der Waals surface area contributed by atoms with Gasteiger partial charge in [-0.1, -0.05) is 40.9 Å². The first-order chi connectivity index (χ1) is 12.5. The number of fused-ring (bicyclic) bond motifs is 3. The second-order valence-electron chi connectivity index (χ2n) is 6.37. The molecule has 0 amide bonds. The molecule has 3 aromatic rings. The Labute approximate surface area is 166 Å². The van der Waals surface area contributed by atoms with E-state index >= 15 is 0 Å². The number of rotatable bonds is 2. The fraction of sp³-hybridized carbons (Fsp3) is 0.211. The lowest BCUT2D eigenvalue weighted by atomic mass is 10.0. The lowest BCUT2D eigenvalue weighted by Crippen LogP contribution is -2.40. The van der Waals surface area contributed by atoms with Gasteiger partial charge in [-0.05, 0) is 47.9 Å². The van der Waals surface area contributed by atoms with E-state index in [1.165, 1.54) is 16.6 Å². The van der Waals surface area contributed by atoms with E-state index < -0.39 is 0 Å². The molecular weight excluding hydrogens is 391 g/mol. The van der Waals surface area contributed by atoms with Gasteiger partial charge in [0, 0.05) is 28.2 Å². The Balaban J connectivity index is 1.52. The van der Waals surface area contributed by atoms with Crippen molar-refractivity contribution in [2.24, 2.45) is 10.7 Å². The molecule has 1 aliphatic heterocycles. The molecule has 3 N–H and O–H groups in total. The molecule has 0 saturated heterocycles. The van der Waals surface area contributed by atoms with Crippen molar-refractivity contribution in [2.75, 3.05) is 6.54 Å². The molecular formula is C19H17Cl3N4. The van der Waals surface area contributed by atoms with Crippen LogP contribution in [0.25, 0.3) is 10.9 Å². The number of aromatic nitrogens is 1. The molecule has 0 fully saturated rings. The smallest absolute Gasteiger partial charge is 0.191 e. The zero-order valence-corrected chi connectivity index (χ0v) is 16.2. The van der Waals surface area contributed by atoms with Gasteiger partial charge in [0.1, 0.15) is 0 Å². The SMILES string of the molecule is NC(=NCc1ccc(Cl)c(Cl)c1)N1CCc2c([nH]c3ccc(Cl)cc23)C1. The van der Waals surface area contributed by atoms with Gasteiger partial charge in [0.05, 0.1) is 23.1 Å². The minimum absolute atomic E-state index is 0.467. The molecule has 0 radical (unpaired) electrons. The largest absolute Gasteiger partial charge is 0.370 e. The Hall–Kier alpha value is -1.88. The average Bonchev–Trinajstić information content (AvgIpc) is 2.99. The summed E-state index contributed by atoms with van der Waals surface area (Å²) in [6, 6.07) is 11.4. The van der Waals surface area contributed by atoms with Crippen LogP contribution in [0.1, 0.15) is 16.8 Å². The topological polar surface area (TPSA) is 57.4 Å². The minimum Gasteiger partial charge on any atom is -0.370 e. The van der Waals surface area contributed by atoms with E-state index in [0.29, 0.717) is 29.1 Å². The molecule has 0 saturated carbocycles. The molecule has 0 atom stereocenters. The van der Waals surface area contributed by atoms with E-state index in [4.69, 9.17) is 40.5 Å². The van der Waals surface area contributed by atoms with Crippen molar-refractivity contribution in [1.82, 2.24) is 9.88 Å². The Bertz CT molecular complexity index is 1010. The fourth-order valence-electron chi connectivity index (χ4n) is 3.32. The maximum Gasteiger partial charge on any atom is 0.191 e. The molecule has 26 heavy (non-hydrogen) atoms. The summed E-state index contributed by atoms with van der Waals surface area (Å²) in [6.07, 6.45) is 0.901. The molecule has 7 heteroatoms. The van der Waals surface area contributed by atoms with Gasteiger partial charge in [-0.25, -0.2) is 4.99 Å². The van der Waals surface area contributed by atoms with Gasteiger partial charge in [-0.2, -0.15) is 0 Å². The molecule has 0 aliphatic carbocycles. The number of halogens is 3. The standard InChI is InChI=1S/C19H17Cl3N4/c20-12-2-4-17-14(8-12)13-5-6-26(10-18(13)25-17)19(23)24-9-11-1-3-15(21)16(22)7-11/h1-4,7-8,25H,5-6,9-10H2,(H2,23,24). The van der Waals surface area contributed by atoms with Gasteiger partial charge in [-0.15, -0.1) is 0 Å². The number of nitrogens with two attached hydrogens (primary N) is 1. The van der Waals surface area contributed by atoms with Gasteiger partial charge < -0.3 is 15.6 Å². The zero-order valence-electron chi connectivity index (χ0n) is 13.9. The van der Waals surface area contributed by atoms with Gasteiger partial charge in [-0.3, -0.25) is 0 Å². The van der Waals surface area contributed by atoms with Crippen LogP contribution in [0.5, 0.6) is 0 Å². The molecule has 4 rings (SSSR count). The van der Waals surface area contributed by atoms with Crippen LogP contribution in [-0.4, -0.2) is 22.4 Å². The van der Waals surface area contributed by atoms with E-state index in [-0.39, 0.29) is 0 Å². The molecule has 1 aliphatic rings. The number of hydrogen-bond donors (Lipinski definition) is 2. The molecule has 0 spiro atoms. The predicted molar refractivity (Wildman–Crippen MR) is 109 cm³/mol. The van der Waals surface area contributed by atoms with E-state index in [9.17, 15) is 0 Å². The van der Waals surface area contributed by atoms with Crippen LogP contribution in [0, 0.1) is 0 Å². The van der Waals surface area contributed by atoms with Crippen molar-refractivity contribution in [1.29, 1.82) is 0 Å². The van der Waals surface area contributed by atoms with E-state index in [1.807, 2.05) is 30.3 Å². The van der Waals surface area contributed by atoms with Crippen LogP contribution in [0.2, 0.25) is 15.1 Å². The summed E-state index contributed by atoms with van der Waals surface area (Å²) in [6.45, 7) is 2.00. The number of aromatic amines is 1. The molecule has 2 heterocycles. The van der Waals surface area contributed by atoms with Gasteiger partial charge >= 0.3 is 0 Å². The minimum atomic E-state index is 0.467. The van der Waals surface area contributed by atoms with Crippen molar-refractivity contribution < 1.29 is 0 Å². The third-order valence-corrected chi connectivity index (χ3v) is 5.64. The first-order valence-corrected chi connectivity index (χ1v) is 9.42. The Morgan fingerprint density at radius 3 is 2.77 bits per heavy atom. The number of guanidine groups is 1. The van der Waals surface area contributed by atoms with Gasteiger partial charge in [0.2, 0.25) is 0 Å². The number of benzene rings is 2. The quantitative estimate of drug-likeness (QED) is 0.464. The van der Waals surface area contributed by atoms with Crippen LogP contribution >= 0.6 is 34.8 Å². The van der Waals surface area contributed by atoms with Crippen molar-refractivity contribution in [3.63, 3.8) is 0 Å². The lowest BCUT2D eigenvalue weighted by molar-refractivity contribution is 0.384. The Morgan fingerprint density at radius 1 is 1.12 bits per heavy atom. The van der Waals surface area contributed by atoms with E-state index in [0.717, 1.165) is 29.1 Å². The number of hydrogen-bond acceptors (Lipinski definition) is 1. The van der Waals surface area contributed by atoms with E-state index in [1.54, 1.807) is 6.07 Å². The third kappa shape index (κ3) is 3.37. The highest BCUT2D eigenvalue weighted by molar-refractivity contribution is 6.42. The van der Waals surface area contributed by atoms with Crippen molar-refractivity contribution in [3.8, 4) is 0 Å². The second kappa shape index (κ2) is 7.03. The Kier molecular flexibility index (Phi) is 4.74. The maximum absolute atomic E-state index is 6.22. The van der Waals surface area contributed by atoms with Crippen LogP contribution in [-0.2, 0) is 19.5 Å². The average molecular weight is 408 g/mol. The summed E-state index contributed by atoms with van der Waals surface area (Å²) in [4.78, 5) is 10.1. The number of aliphatic imine (C=N–C) groups is 1. The van der Waals surface area contributed by atoms with Crippen LogP contribution in [0.3, 0.4) is 0 Å². The molecule has 2 aromatic carbocycles. The van der Waals surface area contributed by atoms with Gasteiger partial charge in [0.25, 0.3) is 0 Å². The number of nitrogens with zero attached hydrogens (tertiary/aromatic N) is 2. The summed E-state index contributed by atoms with van der Waals surface area (Å²) >= 11 is 18.1. The predicted octanol–water partition coefficient (Wildman–Crippen LogP) is 5.00. The highest BCUT2D eigenvalue weighted by atomic mass is 35.5. The zero-order chi connectivity index (χ0) is 18.3. The molecule has 0 bridgehead atoms. The van der Waals surface area contributed by atoms with E-state index in [2.05, 4.69) is 14.9 Å². The first-order valence-electron chi connectivity index (χ1n) is 8.29. The molecule has 0 unspecified atom stereocenters. The van der Waals surface area contributed by atoms with Crippen LogP contribution < -0.4 is 5.73 Å². The van der Waals surface area contributed by atoms with Crippen molar-refractivity contribution in [3.05, 3.63) is 68.3 Å². The number of nitrogens with one attached hydrogen (secondary N) is 1.